The highest BCUT2D eigenvalue weighted by molar-refractivity contribution is 5.08. The van der Waals surface area contributed by atoms with Crippen LogP contribution in [0.1, 0.15) is 33.6 Å². The van der Waals surface area contributed by atoms with Crippen LogP contribution in [-0.2, 0) is 0 Å². The highest BCUT2D eigenvalue weighted by Crippen LogP contribution is 2.39. The second kappa shape index (κ2) is 2.71. The van der Waals surface area contributed by atoms with Crippen LogP contribution < -0.4 is 0 Å². The average Bonchev–Trinajstić information content (AvgIpc) is 2.24. The fourth-order valence-corrected chi connectivity index (χ4v) is 2.61. The van der Waals surface area contributed by atoms with Gasteiger partial charge in [-0.05, 0) is 47.2 Å². The van der Waals surface area contributed by atoms with Gasteiger partial charge < -0.3 is 0 Å². The first-order chi connectivity index (χ1) is 5.94. The highest BCUT2D eigenvalue weighted by Gasteiger charge is 2.50. The summed E-state index contributed by atoms with van der Waals surface area (Å²) < 4.78 is 0. The Kier molecular flexibility index (Phi) is 1.97. The first kappa shape index (κ1) is 9.47. The van der Waals surface area contributed by atoms with E-state index < -0.39 is 0 Å². The molecule has 0 atom stereocenters. The van der Waals surface area contributed by atoms with Gasteiger partial charge in [-0.2, -0.15) is 0 Å². The van der Waals surface area contributed by atoms with Crippen LogP contribution in [0.2, 0.25) is 0 Å². The van der Waals surface area contributed by atoms with Crippen LogP contribution in [0.4, 0.5) is 0 Å². The third-order valence-corrected chi connectivity index (χ3v) is 3.86. The molecule has 0 aromatic carbocycles. The first-order valence-corrected chi connectivity index (χ1v) is 5.40. The summed E-state index contributed by atoms with van der Waals surface area (Å²) >= 11 is 0. The molecule has 2 fully saturated rings. The molecule has 1 spiro atoms. The second-order valence-electron chi connectivity index (χ2n) is 5.78. The highest BCUT2D eigenvalue weighted by atomic mass is 15.4. The van der Waals surface area contributed by atoms with E-state index in [4.69, 9.17) is 0 Å². The molecule has 0 aromatic rings. The molecule has 0 radical (unpaired) electrons. The third kappa shape index (κ3) is 1.40. The van der Waals surface area contributed by atoms with Gasteiger partial charge in [0.15, 0.2) is 0 Å². The first-order valence-electron chi connectivity index (χ1n) is 5.40. The summed E-state index contributed by atoms with van der Waals surface area (Å²) in [4.78, 5) is 5.16. The van der Waals surface area contributed by atoms with Crippen LogP contribution in [0.25, 0.3) is 0 Å². The Hall–Kier alpha value is -0.0800. The zero-order valence-corrected chi connectivity index (χ0v) is 9.43. The number of likely N-dealkylation sites (tertiary alicyclic amines) is 2. The average molecular weight is 182 g/mol. The lowest BCUT2D eigenvalue weighted by Crippen LogP contribution is -2.70. The Labute approximate surface area is 81.9 Å². The van der Waals surface area contributed by atoms with Gasteiger partial charge in [0.1, 0.15) is 0 Å². The molecule has 2 heterocycles. The van der Waals surface area contributed by atoms with E-state index in [1.54, 1.807) is 0 Å². The Morgan fingerprint density at radius 2 is 1.77 bits per heavy atom. The van der Waals surface area contributed by atoms with Gasteiger partial charge >= 0.3 is 0 Å². The maximum absolute atomic E-state index is 2.59. The molecule has 0 saturated carbocycles. The summed E-state index contributed by atoms with van der Waals surface area (Å²) in [5.74, 6) is 0. The molecule has 0 aromatic heterocycles. The van der Waals surface area contributed by atoms with Crippen LogP contribution in [0.3, 0.4) is 0 Å². The van der Waals surface area contributed by atoms with Crippen molar-refractivity contribution in [3.05, 3.63) is 0 Å². The summed E-state index contributed by atoms with van der Waals surface area (Å²) in [6.45, 7) is 10.8. The van der Waals surface area contributed by atoms with Crippen molar-refractivity contribution in [3.8, 4) is 0 Å². The van der Waals surface area contributed by atoms with Crippen LogP contribution >= 0.6 is 0 Å². The van der Waals surface area contributed by atoms with E-state index in [1.165, 1.54) is 32.5 Å². The van der Waals surface area contributed by atoms with Crippen molar-refractivity contribution in [2.45, 2.75) is 44.7 Å². The monoisotopic (exact) mass is 182 g/mol. The molecule has 2 rings (SSSR count). The van der Waals surface area contributed by atoms with Crippen LogP contribution in [-0.4, -0.2) is 47.6 Å². The summed E-state index contributed by atoms with van der Waals surface area (Å²) in [7, 11) is 2.28. The van der Waals surface area contributed by atoms with Crippen molar-refractivity contribution in [1.29, 1.82) is 0 Å². The van der Waals surface area contributed by atoms with Gasteiger partial charge in [-0.1, -0.05) is 0 Å². The number of likely N-dealkylation sites (N-methyl/N-ethyl adjacent to an activating group) is 1. The predicted molar refractivity (Wildman–Crippen MR) is 55.9 cm³/mol. The minimum atomic E-state index is 0.370. The largest absolute Gasteiger partial charge is 0.298 e. The molecule has 0 amide bonds. The SMILES string of the molecule is CN1CCCC12CN(C(C)(C)C)C2. The lowest BCUT2D eigenvalue weighted by molar-refractivity contribution is -0.0661. The van der Waals surface area contributed by atoms with Crippen LogP contribution in [0.5, 0.6) is 0 Å². The van der Waals surface area contributed by atoms with E-state index in [1.807, 2.05) is 0 Å². The van der Waals surface area contributed by atoms with Crippen molar-refractivity contribution in [2.24, 2.45) is 0 Å². The Balaban J connectivity index is 1.97. The van der Waals surface area contributed by atoms with E-state index in [9.17, 15) is 0 Å². The van der Waals surface area contributed by atoms with Gasteiger partial charge in [-0.25, -0.2) is 0 Å². The van der Waals surface area contributed by atoms with Gasteiger partial charge in [0, 0.05) is 24.2 Å². The molecule has 0 unspecified atom stereocenters. The normalized spacial score (nSPS) is 29.5. The molecule has 0 aliphatic carbocycles. The molecule has 0 bridgehead atoms. The fourth-order valence-electron chi connectivity index (χ4n) is 2.61. The summed E-state index contributed by atoms with van der Waals surface area (Å²) in [6.07, 6.45) is 2.81. The molecular weight excluding hydrogens is 160 g/mol. The van der Waals surface area contributed by atoms with Crippen molar-refractivity contribution in [2.75, 3.05) is 26.7 Å². The van der Waals surface area contributed by atoms with Crippen molar-refractivity contribution in [1.82, 2.24) is 9.80 Å². The van der Waals surface area contributed by atoms with E-state index in [2.05, 4.69) is 37.6 Å². The van der Waals surface area contributed by atoms with Crippen molar-refractivity contribution >= 4 is 0 Å². The topological polar surface area (TPSA) is 6.48 Å². The van der Waals surface area contributed by atoms with Crippen LogP contribution in [0, 0.1) is 0 Å². The van der Waals surface area contributed by atoms with Crippen LogP contribution in [0.15, 0.2) is 0 Å². The second-order valence-corrected chi connectivity index (χ2v) is 5.78. The lowest BCUT2D eigenvalue weighted by atomic mass is 9.83. The Morgan fingerprint density at radius 3 is 2.15 bits per heavy atom. The summed E-state index contributed by atoms with van der Waals surface area (Å²) in [5, 5.41) is 0. The maximum atomic E-state index is 2.59. The molecule has 13 heavy (non-hydrogen) atoms. The molecule has 0 N–H and O–H groups in total. The van der Waals surface area contributed by atoms with E-state index >= 15 is 0 Å². The molecule has 2 heteroatoms. The fraction of sp³-hybridized carbons (Fsp3) is 1.00. The standard InChI is InChI=1S/C11H22N2/c1-10(2,3)13-8-11(9-13)6-5-7-12(11)4/h5-9H2,1-4H3. The minimum absolute atomic E-state index is 0.370. The van der Waals surface area contributed by atoms with Gasteiger partial charge in [0.05, 0.1) is 0 Å². The number of hydrogen-bond acceptors (Lipinski definition) is 2. The Bertz CT molecular complexity index is 199. The quantitative estimate of drug-likeness (QED) is 0.561. The Morgan fingerprint density at radius 1 is 1.15 bits per heavy atom. The molecule has 76 valence electrons. The summed E-state index contributed by atoms with van der Waals surface area (Å²) in [5.41, 5.74) is 0.932. The lowest BCUT2D eigenvalue weighted by Gasteiger charge is -2.57. The van der Waals surface area contributed by atoms with Gasteiger partial charge in [0.25, 0.3) is 0 Å². The zero-order valence-electron chi connectivity index (χ0n) is 9.43. The summed E-state index contributed by atoms with van der Waals surface area (Å²) in [6, 6.07) is 0. The van der Waals surface area contributed by atoms with Crippen molar-refractivity contribution in [3.63, 3.8) is 0 Å². The van der Waals surface area contributed by atoms with E-state index in [-0.39, 0.29) is 0 Å². The number of hydrogen-bond donors (Lipinski definition) is 0. The predicted octanol–water partition coefficient (Wildman–Crippen LogP) is 1.56. The number of rotatable bonds is 0. The molecule has 2 aliphatic rings. The number of nitrogens with zero attached hydrogens (tertiary/aromatic N) is 2. The minimum Gasteiger partial charge on any atom is -0.298 e. The third-order valence-electron chi connectivity index (χ3n) is 3.86. The molecule has 2 nitrogen and oxygen atoms in total. The van der Waals surface area contributed by atoms with Gasteiger partial charge in [-0.3, -0.25) is 9.80 Å². The zero-order chi connectivity index (χ0) is 9.69. The van der Waals surface area contributed by atoms with E-state index in [0.29, 0.717) is 11.1 Å². The maximum Gasteiger partial charge on any atom is 0.0461 e. The molecular formula is C11H22N2. The van der Waals surface area contributed by atoms with Gasteiger partial charge in [-0.15, -0.1) is 0 Å². The van der Waals surface area contributed by atoms with Gasteiger partial charge in [0.2, 0.25) is 0 Å². The van der Waals surface area contributed by atoms with E-state index in [0.717, 1.165) is 0 Å². The molecule has 2 aliphatic heterocycles. The smallest absolute Gasteiger partial charge is 0.0461 e. The molecule has 2 saturated heterocycles. The van der Waals surface area contributed by atoms with Crippen molar-refractivity contribution < 1.29 is 0 Å².